The summed E-state index contributed by atoms with van der Waals surface area (Å²) in [5.41, 5.74) is 0. The van der Waals surface area contributed by atoms with E-state index >= 15 is 0 Å². The van der Waals surface area contributed by atoms with Gasteiger partial charge in [0.15, 0.2) is 5.76 Å². The molecule has 0 atom stereocenters. The zero-order valence-electron chi connectivity index (χ0n) is 8.36. The molecule has 0 saturated heterocycles. The molecule has 0 radical (unpaired) electrons. The molecule has 1 heterocycles. The predicted molar refractivity (Wildman–Crippen MR) is 47.1 cm³/mol. The summed E-state index contributed by atoms with van der Waals surface area (Å²) in [7, 11) is 5.98. The molecule has 1 aromatic rings. The molecule has 0 saturated carbocycles. The smallest absolute Gasteiger partial charge is 0.433 e. The van der Waals surface area contributed by atoms with Crippen LogP contribution in [0.4, 0.5) is 5.88 Å². The zero-order chi connectivity index (χ0) is 10.1. The molecule has 0 amide bonds. The molecule has 1 rings (SSSR count). The molecular weight excluding hydrogens is 252 g/mol. The lowest BCUT2D eigenvalue weighted by atomic mass is 10.4. The van der Waals surface area contributed by atoms with Gasteiger partial charge in [0.2, 0.25) is 0 Å². The first kappa shape index (κ1) is 13.1. The molecule has 14 heavy (non-hydrogen) atoms. The number of furan rings is 1. The molecule has 0 bridgehead atoms. The van der Waals surface area contributed by atoms with Crippen LogP contribution in [-0.2, 0) is 6.54 Å². The van der Waals surface area contributed by atoms with Gasteiger partial charge in [-0.3, -0.25) is 10.1 Å². The maximum Gasteiger partial charge on any atom is 0.433 e. The first-order valence-corrected chi connectivity index (χ1v) is 3.92. The largest absolute Gasteiger partial charge is 1.00 e. The summed E-state index contributed by atoms with van der Waals surface area (Å²) < 4.78 is 5.69. The molecule has 1 aromatic heterocycles. The van der Waals surface area contributed by atoms with Gasteiger partial charge in [-0.15, -0.1) is 0 Å². The molecule has 0 fully saturated rings. The monoisotopic (exact) mass is 264 g/mol. The molecule has 0 N–H and O–H groups in total. The summed E-state index contributed by atoms with van der Waals surface area (Å²) in [6, 6.07) is 3.02. The molecule has 80 valence electrons. The Labute approximate surface area is 92.8 Å². The summed E-state index contributed by atoms with van der Waals surface area (Å²) in [6.07, 6.45) is 0. The van der Waals surface area contributed by atoms with Crippen LogP contribution in [0, 0.1) is 10.1 Å². The Hall–Kier alpha value is -0.880. The van der Waals surface area contributed by atoms with Crippen LogP contribution in [0.1, 0.15) is 5.76 Å². The lowest BCUT2D eigenvalue weighted by Gasteiger charge is -2.21. The van der Waals surface area contributed by atoms with Crippen LogP contribution in [-0.4, -0.2) is 30.5 Å². The quantitative estimate of drug-likeness (QED) is 0.376. The van der Waals surface area contributed by atoms with Crippen LogP contribution >= 0.6 is 0 Å². The van der Waals surface area contributed by atoms with E-state index in [1.165, 1.54) is 6.07 Å². The molecule has 6 heteroatoms. The topological polar surface area (TPSA) is 56.3 Å². The Kier molecular flexibility index (Phi) is 4.28. The normalized spacial score (nSPS) is 10.8. The Balaban J connectivity index is 0.00000169. The first-order valence-electron chi connectivity index (χ1n) is 3.92. The van der Waals surface area contributed by atoms with Gasteiger partial charge in [0, 0.05) is 0 Å². The molecule has 0 aliphatic heterocycles. The van der Waals surface area contributed by atoms with Crippen molar-refractivity contribution in [2.24, 2.45) is 0 Å². The van der Waals surface area contributed by atoms with E-state index in [0.717, 1.165) is 0 Å². The lowest BCUT2D eigenvalue weighted by Crippen LogP contribution is -3.00. The van der Waals surface area contributed by atoms with Gasteiger partial charge in [-0.1, -0.05) is 0 Å². The number of hydrogen-bond acceptors (Lipinski definition) is 3. The van der Waals surface area contributed by atoms with Gasteiger partial charge < -0.3 is 25.9 Å². The van der Waals surface area contributed by atoms with Gasteiger partial charge in [-0.05, 0) is 6.07 Å². The van der Waals surface area contributed by atoms with Crippen LogP contribution in [0.25, 0.3) is 0 Å². The third-order valence-corrected chi connectivity index (χ3v) is 1.46. The van der Waals surface area contributed by atoms with Crippen molar-refractivity contribution in [3.8, 4) is 0 Å². The van der Waals surface area contributed by atoms with E-state index in [-0.39, 0.29) is 22.9 Å². The average molecular weight is 265 g/mol. The fourth-order valence-electron chi connectivity index (χ4n) is 1.02. The highest BCUT2D eigenvalue weighted by molar-refractivity contribution is 5.17. The predicted octanol–water partition coefficient (Wildman–Crippen LogP) is -1.60. The highest BCUT2D eigenvalue weighted by Crippen LogP contribution is 2.17. The van der Waals surface area contributed by atoms with E-state index in [1.54, 1.807) is 6.07 Å². The van der Waals surface area contributed by atoms with E-state index < -0.39 is 4.92 Å². The van der Waals surface area contributed by atoms with Crippen molar-refractivity contribution in [2.75, 3.05) is 21.1 Å². The van der Waals surface area contributed by atoms with Crippen LogP contribution in [0.5, 0.6) is 0 Å². The van der Waals surface area contributed by atoms with Gasteiger partial charge in [-0.25, -0.2) is 0 Å². The second-order valence-electron chi connectivity index (χ2n) is 3.95. The SMILES string of the molecule is C[N+](C)(C)Cc1ccc([N+](=O)[O-])o1.[Br-]. The maximum atomic E-state index is 10.3. The fraction of sp³-hybridized carbons (Fsp3) is 0.500. The second-order valence-corrected chi connectivity index (χ2v) is 3.95. The highest BCUT2D eigenvalue weighted by atomic mass is 79.9. The number of quaternary nitrogens is 1. The Morgan fingerprint density at radius 3 is 2.36 bits per heavy atom. The third-order valence-electron chi connectivity index (χ3n) is 1.46. The molecule has 0 spiro atoms. The molecule has 0 aliphatic rings. The minimum absolute atomic E-state index is 0. The molecule has 0 aromatic carbocycles. The fourth-order valence-corrected chi connectivity index (χ4v) is 1.02. The van der Waals surface area contributed by atoms with E-state index in [4.69, 9.17) is 4.42 Å². The van der Waals surface area contributed by atoms with E-state index in [0.29, 0.717) is 16.8 Å². The molecular formula is C8H13BrN2O3. The van der Waals surface area contributed by atoms with Crippen molar-refractivity contribution in [3.63, 3.8) is 0 Å². The summed E-state index contributed by atoms with van der Waals surface area (Å²) in [5.74, 6) is 0.447. The van der Waals surface area contributed by atoms with Crippen molar-refractivity contribution in [2.45, 2.75) is 6.54 Å². The van der Waals surface area contributed by atoms with Gasteiger partial charge in [0.25, 0.3) is 0 Å². The number of hydrogen-bond donors (Lipinski definition) is 0. The number of rotatable bonds is 3. The summed E-state index contributed by atoms with van der Waals surface area (Å²) in [6.45, 7) is 0.647. The van der Waals surface area contributed by atoms with Gasteiger partial charge in [0.05, 0.1) is 27.2 Å². The van der Waals surface area contributed by atoms with Crippen LogP contribution in [0.15, 0.2) is 16.5 Å². The van der Waals surface area contributed by atoms with Crippen LogP contribution in [0.2, 0.25) is 0 Å². The van der Waals surface area contributed by atoms with E-state index in [9.17, 15) is 10.1 Å². The maximum absolute atomic E-state index is 10.3. The average Bonchev–Trinajstić information content (AvgIpc) is 2.31. The highest BCUT2D eigenvalue weighted by Gasteiger charge is 2.16. The Morgan fingerprint density at radius 2 is 2.00 bits per heavy atom. The van der Waals surface area contributed by atoms with Gasteiger partial charge >= 0.3 is 5.88 Å². The standard InChI is InChI=1S/C8H13N2O3.BrH/c1-10(2,3)6-7-4-5-8(13-7)9(11)12;/h4-5H,6H2,1-3H3;1H/q+1;/p-1. The van der Waals surface area contributed by atoms with Crippen molar-refractivity contribution < 1.29 is 30.8 Å². The Morgan fingerprint density at radius 1 is 1.43 bits per heavy atom. The number of halogens is 1. The minimum Gasteiger partial charge on any atom is -1.00 e. The molecule has 5 nitrogen and oxygen atoms in total. The third kappa shape index (κ3) is 3.89. The minimum atomic E-state index is -0.529. The van der Waals surface area contributed by atoms with Crippen molar-refractivity contribution >= 4 is 5.88 Å². The number of nitro groups is 1. The first-order chi connectivity index (χ1) is 5.88. The van der Waals surface area contributed by atoms with E-state index in [1.807, 2.05) is 21.1 Å². The zero-order valence-corrected chi connectivity index (χ0v) is 9.94. The van der Waals surface area contributed by atoms with Crippen LogP contribution < -0.4 is 17.0 Å². The van der Waals surface area contributed by atoms with Gasteiger partial charge in [0.1, 0.15) is 11.5 Å². The van der Waals surface area contributed by atoms with Crippen molar-refractivity contribution in [3.05, 3.63) is 28.0 Å². The van der Waals surface area contributed by atoms with Gasteiger partial charge in [-0.2, -0.15) is 0 Å². The van der Waals surface area contributed by atoms with Crippen molar-refractivity contribution in [1.82, 2.24) is 0 Å². The molecule has 0 aliphatic carbocycles. The summed E-state index contributed by atoms with van der Waals surface area (Å²) in [4.78, 5) is 9.76. The summed E-state index contributed by atoms with van der Waals surface area (Å²) >= 11 is 0. The Bertz CT molecular complexity index is 317. The van der Waals surface area contributed by atoms with E-state index in [2.05, 4.69) is 0 Å². The summed E-state index contributed by atoms with van der Waals surface area (Å²) in [5, 5.41) is 10.3. The number of nitrogens with zero attached hydrogens (tertiary/aromatic N) is 2. The molecule has 0 unspecified atom stereocenters. The van der Waals surface area contributed by atoms with Crippen molar-refractivity contribution in [1.29, 1.82) is 0 Å². The second kappa shape index (κ2) is 4.56. The van der Waals surface area contributed by atoms with Crippen LogP contribution in [0.3, 0.4) is 0 Å². The lowest BCUT2D eigenvalue weighted by molar-refractivity contribution is -0.884.